The lowest BCUT2D eigenvalue weighted by molar-refractivity contribution is -0.149. The van der Waals surface area contributed by atoms with E-state index in [0.29, 0.717) is 19.3 Å². The molecule has 2 fully saturated rings. The second-order valence-electron chi connectivity index (χ2n) is 9.91. The van der Waals surface area contributed by atoms with Gasteiger partial charge in [0.05, 0.1) is 12.0 Å². The van der Waals surface area contributed by atoms with Crippen molar-refractivity contribution in [3.63, 3.8) is 0 Å². The number of ether oxygens (including phenoxy) is 1. The lowest BCUT2D eigenvalue weighted by Crippen LogP contribution is -2.57. The summed E-state index contributed by atoms with van der Waals surface area (Å²) in [6.07, 6.45) is 1.20. The number of hydrogen-bond acceptors (Lipinski definition) is 5. The third-order valence-corrected chi connectivity index (χ3v) is 7.71. The normalized spacial score (nSPS) is 25.9. The Bertz CT molecular complexity index is 1120. The number of carboxylic acids is 1. The minimum Gasteiger partial charge on any atom is -0.479 e. The lowest BCUT2D eigenvalue weighted by Gasteiger charge is -2.26. The second-order valence-corrected chi connectivity index (χ2v) is 9.91. The Balaban J connectivity index is 1.18. The quantitative estimate of drug-likeness (QED) is 0.499. The maximum atomic E-state index is 12.8. The van der Waals surface area contributed by atoms with E-state index >= 15 is 0 Å². The molecule has 2 aromatic carbocycles. The number of carboxylic acid groups (broad SMARTS) is 1. The maximum Gasteiger partial charge on any atom is 0.407 e. The van der Waals surface area contributed by atoms with Crippen LogP contribution in [0.5, 0.6) is 0 Å². The first-order valence-corrected chi connectivity index (χ1v) is 11.6. The highest BCUT2D eigenvalue weighted by Crippen LogP contribution is 2.63. The molecule has 1 unspecified atom stereocenters. The molecule has 3 aliphatic carbocycles. The molecule has 4 atom stereocenters. The zero-order chi connectivity index (χ0) is 24.1. The number of fused-ring (bicyclic) bond motifs is 4. The molecule has 34 heavy (non-hydrogen) atoms. The summed E-state index contributed by atoms with van der Waals surface area (Å²) in [5.41, 5.74) is 2.18. The Morgan fingerprint density at radius 3 is 2.26 bits per heavy atom. The second kappa shape index (κ2) is 8.13. The molecular weight excluding hydrogens is 436 g/mol. The van der Waals surface area contributed by atoms with Crippen LogP contribution >= 0.6 is 0 Å². The van der Waals surface area contributed by atoms with Crippen LogP contribution < -0.4 is 10.6 Å². The van der Waals surface area contributed by atoms with Gasteiger partial charge >= 0.3 is 12.1 Å². The number of amides is 2. The average molecular weight is 465 g/mol. The van der Waals surface area contributed by atoms with Crippen molar-refractivity contribution >= 4 is 18.0 Å². The Morgan fingerprint density at radius 1 is 1.06 bits per heavy atom. The number of hydrogen-bond donors (Lipinski definition) is 4. The van der Waals surface area contributed by atoms with Crippen LogP contribution in [0.4, 0.5) is 4.79 Å². The van der Waals surface area contributed by atoms with Crippen molar-refractivity contribution in [1.29, 1.82) is 0 Å². The van der Waals surface area contributed by atoms with Crippen molar-refractivity contribution in [3.05, 3.63) is 59.7 Å². The van der Waals surface area contributed by atoms with E-state index in [1.807, 2.05) is 24.3 Å². The number of carbonyl (C=O) groups excluding carboxylic acids is 2. The molecule has 5 rings (SSSR count). The molecule has 0 saturated heterocycles. The van der Waals surface area contributed by atoms with E-state index in [0.717, 1.165) is 22.3 Å². The Labute approximate surface area is 197 Å². The summed E-state index contributed by atoms with van der Waals surface area (Å²) in [7, 11) is 0. The van der Waals surface area contributed by atoms with E-state index in [1.54, 1.807) is 0 Å². The van der Waals surface area contributed by atoms with Crippen molar-refractivity contribution in [2.75, 3.05) is 13.2 Å². The van der Waals surface area contributed by atoms with Gasteiger partial charge in [-0.1, -0.05) is 48.5 Å². The van der Waals surface area contributed by atoms with Gasteiger partial charge in [-0.2, -0.15) is 0 Å². The highest BCUT2D eigenvalue weighted by Gasteiger charge is 2.65. The highest BCUT2D eigenvalue weighted by molar-refractivity contribution is 5.92. The molecule has 178 valence electrons. The van der Waals surface area contributed by atoms with Crippen molar-refractivity contribution < 1.29 is 29.3 Å². The SMILES string of the molecule is CC(CO)(NC(=O)[C@]12C[C@H](NC(=O)OCC3c4ccccc4-c4ccccc43)C[C@H]1C2)C(=O)O. The van der Waals surface area contributed by atoms with Crippen LogP contribution in [0.3, 0.4) is 0 Å². The van der Waals surface area contributed by atoms with Gasteiger partial charge in [0.25, 0.3) is 0 Å². The van der Waals surface area contributed by atoms with Crippen LogP contribution in [0.15, 0.2) is 48.5 Å². The molecule has 0 bridgehead atoms. The van der Waals surface area contributed by atoms with Crippen molar-refractivity contribution in [1.82, 2.24) is 10.6 Å². The van der Waals surface area contributed by atoms with Crippen LogP contribution in [0, 0.1) is 11.3 Å². The van der Waals surface area contributed by atoms with Gasteiger partial charge in [0.15, 0.2) is 5.54 Å². The largest absolute Gasteiger partial charge is 0.479 e. The number of rotatable bonds is 7. The summed E-state index contributed by atoms with van der Waals surface area (Å²) < 4.78 is 5.61. The van der Waals surface area contributed by atoms with Gasteiger partial charge in [0.1, 0.15) is 6.61 Å². The third-order valence-electron chi connectivity index (χ3n) is 7.71. The minimum atomic E-state index is -1.72. The number of aliphatic hydroxyl groups excluding tert-OH is 1. The number of aliphatic carboxylic acids is 1. The number of aliphatic hydroxyl groups is 1. The first-order chi connectivity index (χ1) is 16.3. The topological polar surface area (TPSA) is 125 Å². The van der Waals surface area contributed by atoms with E-state index in [9.17, 15) is 24.6 Å². The third kappa shape index (κ3) is 3.62. The number of benzene rings is 2. The molecule has 3 aliphatic rings. The molecule has 0 aromatic heterocycles. The molecule has 4 N–H and O–H groups in total. The highest BCUT2D eigenvalue weighted by atomic mass is 16.5. The fraction of sp³-hybridized carbons (Fsp3) is 0.423. The van der Waals surface area contributed by atoms with Gasteiger partial charge in [0, 0.05) is 12.0 Å². The standard InChI is InChI=1S/C26H28N2O6/c1-25(14-29,23(31)32)28-22(30)26-11-15(26)10-16(12-26)27-24(33)34-13-21-19-8-4-2-6-17(19)18-7-3-5-9-20(18)21/h2-9,15-16,21,29H,10-14H2,1H3,(H,27,33)(H,28,30)(H,31,32)/t15-,16+,25?,26+/m0/s1. The molecule has 8 heteroatoms. The number of alkyl carbamates (subject to hydrolysis) is 1. The van der Waals surface area contributed by atoms with Gasteiger partial charge in [-0.05, 0) is 54.4 Å². The molecule has 2 saturated carbocycles. The van der Waals surface area contributed by atoms with Crippen LogP contribution in [0.25, 0.3) is 11.1 Å². The first-order valence-electron chi connectivity index (χ1n) is 11.6. The summed E-state index contributed by atoms with van der Waals surface area (Å²) in [6, 6.07) is 16.0. The molecule has 8 nitrogen and oxygen atoms in total. The Morgan fingerprint density at radius 2 is 1.68 bits per heavy atom. The molecule has 2 amide bonds. The van der Waals surface area contributed by atoms with Gasteiger partial charge in [-0.15, -0.1) is 0 Å². The van der Waals surface area contributed by atoms with Gasteiger partial charge in [-0.3, -0.25) is 4.79 Å². The van der Waals surface area contributed by atoms with Gasteiger partial charge < -0.3 is 25.6 Å². The fourth-order valence-corrected chi connectivity index (χ4v) is 5.63. The smallest absolute Gasteiger partial charge is 0.407 e. The van der Waals surface area contributed by atoms with Crippen LogP contribution in [0.1, 0.15) is 43.2 Å². The van der Waals surface area contributed by atoms with Crippen LogP contribution in [-0.4, -0.2) is 53.0 Å². The summed E-state index contributed by atoms with van der Waals surface area (Å²) in [5.74, 6) is -1.61. The van der Waals surface area contributed by atoms with E-state index < -0.39 is 29.6 Å². The predicted octanol–water partition coefficient (Wildman–Crippen LogP) is 2.65. The zero-order valence-corrected chi connectivity index (χ0v) is 18.9. The van der Waals surface area contributed by atoms with E-state index in [1.165, 1.54) is 6.92 Å². The van der Waals surface area contributed by atoms with Crippen molar-refractivity contribution in [3.8, 4) is 11.1 Å². The number of carbonyl (C=O) groups is 3. The lowest BCUT2D eigenvalue weighted by atomic mass is 9.97. The molecular formula is C26H28N2O6. The van der Waals surface area contributed by atoms with Crippen molar-refractivity contribution in [2.45, 2.75) is 43.7 Å². The molecule has 0 spiro atoms. The Kier molecular flexibility index (Phi) is 5.36. The van der Waals surface area contributed by atoms with E-state index in [2.05, 4.69) is 34.9 Å². The predicted molar refractivity (Wildman–Crippen MR) is 123 cm³/mol. The van der Waals surface area contributed by atoms with Gasteiger partial charge in [0.2, 0.25) is 5.91 Å². The summed E-state index contributed by atoms with van der Waals surface area (Å²) >= 11 is 0. The van der Waals surface area contributed by atoms with Crippen molar-refractivity contribution in [2.24, 2.45) is 11.3 Å². The van der Waals surface area contributed by atoms with E-state index in [-0.39, 0.29) is 30.4 Å². The molecule has 0 aliphatic heterocycles. The van der Waals surface area contributed by atoms with Crippen LogP contribution in [0.2, 0.25) is 0 Å². The average Bonchev–Trinajstić information content (AvgIpc) is 3.26. The molecule has 0 radical (unpaired) electrons. The summed E-state index contributed by atoms with van der Waals surface area (Å²) in [5, 5.41) is 24.1. The molecule has 2 aromatic rings. The van der Waals surface area contributed by atoms with E-state index in [4.69, 9.17) is 4.74 Å². The minimum absolute atomic E-state index is 0.0283. The zero-order valence-electron chi connectivity index (χ0n) is 18.9. The monoisotopic (exact) mass is 464 g/mol. The van der Waals surface area contributed by atoms with Gasteiger partial charge in [-0.25, -0.2) is 9.59 Å². The fourth-order valence-electron chi connectivity index (χ4n) is 5.63. The number of nitrogens with one attached hydrogen (secondary N) is 2. The summed E-state index contributed by atoms with van der Waals surface area (Å²) in [4.78, 5) is 36.8. The van der Waals surface area contributed by atoms with Crippen LogP contribution in [-0.2, 0) is 14.3 Å². The molecule has 0 heterocycles. The summed E-state index contributed by atoms with van der Waals surface area (Å²) in [6.45, 7) is 0.800. The Hall–Kier alpha value is -3.39. The maximum absolute atomic E-state index is 12.8. The first kappa shape index (κ1) is 22.4.